The maximum Gasteiger partial charge on any atom is 0.255 e. The summed E-state index contributed by atoms with van der Waals surface area (Å²) in [6, 6.07) is 12.2. The van der Waals surface area contributed by atoms with Crippen molar-refractivity contribution < 1.29 is 22.7 Å². The van der Waals surface area contributed by atoms with Gasteiger partial charge in [-0.15, -0.1) is 0 Å². The lowest BCUT2D eigenvalue weighted by Gasteiger charge is -2.09. The molecule has 2 aromatic carbocycles. The van der Waals surface area contributed by atoms with Crippen LogP contribution in [0.1, 0.15) is 23.2 Å². The fourth-order valence-electron chi connectivity index (χ4n) is 2.30. The molecule has 0 radical (unpaired) electrons. The fraction of sp³-hybridized carbons (Fsp3) is 0.222. The third-order valence-electron chi connectivity index (χ3n) is 3.80. The molecule has 3 rings (SSSR count). The Kier molecular flexibility index (Phi) is 5.43. The average molecular weight is 389 g/mol. The molecular weight excluding hydrogens is 370 g/mol. The third-order valence-corrected chi connectivity index (χ3v) is 5.34. The molecule has 1 saturated carbocycles. The van der Waals surface area contributed by atoms with E-state index < -0.39 is 21.8 Å². The Morgan fingerprint density at radius 2 is 1.81 bits per heavy atom. The van der Waals surface area contributed by atoms with Crippen molar-refractivity contribution in [2.24, 2.45) is 5.73 Å². The lowest BCUT2D eigenvalue weighted by molar-refractivity contribution is -0.119. The van der Waals surface area contributed by atoms with Crippen molar-refractivity contribution >= 4 is 27.5 Å². The molecular formula is C18H19N3O5S. The Balaban J connectivity index is 1.66. The number of amides is 2. The van der Waals surface area contributed by atoms with Crippen LogP contribution in [0.4, 0.5) is 5.69 Å². The highest BCUT2D eigenvalue weighted by molar-refractivity contribution is 7.89. The van der Waals surface area contributed by atoms with Crippen LogP contribution in [0.3, 0.4) is 0 Å². The van der Waals surface area contributed by atoms with Crippen LogP contribution in [-0.4, -0.2) is 32.9 Å². The van der Waals surface area contributed by atoms with Gasteiger partial charge in [-0.05, 0) is 49.2 Å². The summed E-state index contributed by atoms with van der Waals surface area (Å²) < 4.78 is 32.1. The molecule has 142 valence electrons. The largest absolute Gasteiger partial charge is 0.484 e. The number of rotatable bonds is 8. The normalized spacial score (nSPS) is 13.8. The SMILES string of the molecule is NC(=O)COc1cccc(NC(=O)c2ccc(S(=O)(=O)NC3CC3)cc2)c1. The molecule has 1 aliphatic carbocycles. The predicted octanol–water partition coefficient (Wildman–Crippen LogP) is 1.24. The fourth-order valence-corrected chi connectivity index (χ4v) is 3.60. The Bertz CT molecular complexity index is 953. The molecule has 0 heterocycles. The van der Waals surface area contributed by atoms with Crippen molar-refractivity contribution in [1.29, 1.82) is 0 Å². The van der Waals surface area contributed by atoms with E-state index in [2.05, 4.69) is 10.0 Å². The maximum absolute atomic E-state index is 12.3. The molecule has 1 aliphatic rings. The van der Waals surface area contributed by atoms with E-state index >= 15 is 0 Å². The summed E-state index contributed by atoms with van der Waals surface area (Å²) in [7, 11) is -3.55. The quantitative estimate of drug-likeness (QED) is 0.626. The molecule has 8 nitrogen and oxygen atoms in total. The van der Waals surface area contributed by atoms with Gasteiger partial charge in [0.2, 0.25) is 10.0 Å². The Hall–Kier alpha value is -2.91. The van der Waals surface area contributed by atoms with Crippen LogP contribution >= 0.6 is 0 Å². The first-order chi connectivity index (χ1) is 12.8. The van der Waals surface area contributed by atoms with Gasteiger partial charge in [-0.3, -0.25) is 9.59 Å². The highest BCUT2D eigenvalue weighted by Crippen LogP contribution is 2.22. The van der Waals surface area contributed by atoms with Gasteiger partial charge in [-0.25, -0.2) is 13.1 Å². The number of benzene rings is 2. The summed E-state index contributed by atoms with van der Waals surface area (Å²) in [4.78, 5) is 23.2. The maximum atomic E-state index is 12.3. The van der Waals surface area contributed by atoms with E-state index in [-0.39, 0.29) is 17.5 Å². The molecule has 4 N–H and O–H groups in total. The number of ether oxygens (including phenoxy) is 1. The second-order valence-corrected chi connectivity index (χ2v) is 7.87. The van der Waals surface area contributed by atoms with Gasteiger partial charge in [-0.2, -0.15) is 0 Å². The van der Waals surface area contributed by atoms with E-state index in [1.807, 2.05) is 0 Å². The molecule has 0 aromatic heterocycles. The van der Waals surface area contributed by atoms with Gasteiger partial charge in [0, 0.05) is 23.4 Å². The van der Waals surface area contributed by atoms with Crippen LogP contribution in [0.25, 0.3) is 0 Å². The Morgan fingerprint density at radius 3 is 2.44 bits per heavy atom. The topological polar surface area (TPSA) is 128 Å². The van der Waals surface area contributed by atoms with Crippen molar-refractivity contribution in [2.45, 2.75) is 23.8 Å². The molecule has 2 amide bonds. The number of nitrogens with two attached hydrogens (primary N) is 1. The van der Waals surface area contributed by atoms with E-state index in [0.717, 1.165) is 12.8 Å². The lowest BCUT2D eigenvalue weighted by atomic mass is 10.2. The highest BCUT2D eigenvalue weighted by atomic mass is 32.2. The zero-order valence-corrected chi connectivity index (χ0v) is 15.2. The van der Waals surface area contributed by atoms with Crippen LogP contribution in [0.15, 0.2) is 53.4 Å². The zero-order valence-electron chi connectivity index (χ0n) is 14.3. The molecule has 2 aromatic rings. The molecule has 0 atom stereocenters. The number of carbonyl (C=O) groups is 2. The van der Waals surface area contributed by atoms with Gasteiger partial charge in [0.15, 0.2) is 6.61 Å². The first-order valence-corrected chi connectivity index (χ1v) is 9.77. The van der Waals surface area contributed by atoms with Crippen LogP contribution in [0.5, 0.6) is 5.75 Å². The molecule has 1 fully saturated rings. The van der Waals surface area contributed by atoms with Crippen LogP contribution < -0.4 is 20.5 Å². The summed E-state index contributed by atoms with van der Waals surface area (Å²) in [5.41, 5.74) is 5.80. The minimum atomic E-state index is -3.55. The Morgan fingerprint density at radius 1 is 1.11 bits per heavy atom. The summed E-state index contributed by atoms with van der Waals surface area (Å²) in [5, 5.41) is 2.69. The molecule has 0 bridgehead atoms. The summed E-state index contributed by atoms with van der Waals surface area (Å²) >= 11 is 0. The monoisotopic (exact) mass is 389 g/mol. The number of hydrogen-bond donors (Lipinski definition) is 3. The zero-order chi connectivity index (χ0) is 19.4. The Labute approximate surface area is 156 Å². The highest BCUT2D eigenvalue weighted by Gasteiger charge is 2.27. The number of hydrogen-bond acceptors (Lipinski definition) is 5. The van der Waals surface area contributed by atoms with E-state index in [9.17, 15) is 18.0 Å². The summed E-state index contributed by atoms with van der Waals surface area (Å²) in [6.45, 7) is -0.262. The van der Waals surface area contributed by atoms with Gasteiger partial charge < -0.3 is 15.8 Å². The molecule has 0 aliphatic heterocycles. The van der Waals surface area contributed by atoms with Gasteiger partial charge in [0.05, 0.1) is 4.90 Å². The number of sulfonamides is 1. The number of carbonyl (C=O) groups excluding carboxylic acids is 2. The standard InChI is InChI=1S/C18H19N3O5S/c19-17(22)11-26-15-3-1-2-14(10-15)20-18(23)12-4-8-16(9-5-12)27(24,25)21-13-6-7-13/h1-5,8-10,13,21H,6-7,11H2,(H2,19,22)(H,20,23). The first-order valence-electron chi connectivity index (χ1n) is 8.28. The van der Waals surface area contributed by atoms with E-state index in [1.165, 1.54) is 24.3 Å². The van der Waals surface area contributed by atoms with E-state index in [1.54, 1.807) is 24.3 Å². The van der Waals surface area contributed by atoms with Gasteiger partial charge in [-0.1, -0.05) is 6.07 Å². The number of primary amides is 1. The third kappa shape index (κ3) is 5.28. The van der Waals surface area contributed by atoms with Crippen molar-refractivity contribution in [3.8, 4) is 5.75 Å². The predicted molar refractivity (Wildman–Crippen MR) is 98.9 cm³/mol. The van der Waals surface area contributed by atoms with Crippen LogP contribution in [0.2, 0.25) is 0 Å². The smallest absolute Gasteiger partial charge is 0.255 e. The van der Waals surface area contributed by atoms with Crippen molar-refractivity contribution in [3.63, 3.8) is 0 Å². The minimum absolute atomic E-state index is 0.0158. The summed E-state index contributed by atoms with van der Waals surface area (Å²) in [5.74, 6) is -0.615. The molecule has 0 saturated heterocycles. The molecule has 9 heteroatoms. The van der Waals surface area contributed by atoms with E-state index in [4.69, 9.17) is 10.5 Å². The van der Waals surface area contributed by atoms with Crippen LogP contribution in [0, 0.1) is 0 Å². The lowest BCUT2D eigenvalue weighted by Crippen LogP contribution is -2.25. The van der Waals surface area contributed by atoms with Gasteiger partial charge >= 0.3 is 0 Å². The second-order valence-electron chi connectivity index (χ2n) is 6.16. The second kappa shape index (κ2) is 7.77. The van der Waals surface area contributed by atoms with E-state index in [0.29, 0.717) is 17.0 Å². The minimum Gasteiger partial charge on any atom is -0.484 e. The molecule has 27 heavy (non-hydrogen) atoms. The summed E-state index contributed by atoms with van der Waals surface area (Å²) in [6.07, 6.45) is 1.70. The average Bonchev–Trinajstić information content (AvgIpc) is 3.44. The molecule has 0 unspecified atom stereocenters. The van der Waals surface area contributed by atoms with Crippen molar-refractivity contribution in [3.05, 3.63) is 54.1 Å². The van der Waals surface area contributed by atoms with Crippen molar-refractivity contribution in [1.82, 2.24) is 4.72 Å². The van der Waals surface area contributed by atoms with Crippen LogP contribution in [-0.2, 0) is 14.8 Å². The van der Waals surface area contributed by atoms with Gasteiger partial charge in [0.1, 0.15) is 5.75 Å². The van der Waals surface area contributed by atoms with Gasteiger partial charge in [0.25, 0.3) is 11.8 Å². The number of anilines is 1. The first kappa shape index (κ1) is 18.9. The number of nitrogens with one attached hydrogen (secondary N) is 2. The molecule has 0 spiro atoms. The van der Waals surface area contributed by atoms with Crippen molar-refractivity contribution in [2.75, 3.05) is 11.9 Å².